The monoisotopic (exact) mass is 444 g/mol. The minimum absolute atomic E-state index is 0.377. The summed E-state index contributed by atoms with van der Waals surface area (Å²) < 4.78 is 3.18. The topological polar surface area (TPSA) is 58.4 Å². The molecule has 0 aliphatic rings. The maximum absolute atomic E-state index is 11.9. The van der Waals surface area contributed by atoms with Crippen molar-refractivity contribution in [3.63, 3.8) is 0 Å². The summed E-state index contributed by atoms with van der Waals surface area (Å²) in [5.74, 6) is 0. The van der Waals surface area contributed by atoms with E-state index in [1.54, 1.807) is 6.21 Å². The maximum atomic E-state index is 11.9. The van der Waals surface area contributed by atoms with Crippen molar-refractivity contribution in [1.82, 2.24) is 9.99 Å². The molecule has 3 aromatic rings. The second-order valence-corrected chi connectivity index (χ2v) is 6.66. The minimum Gasteiger partial charge on any atom is -0.316 e. The molecule has 0 aliphatic carbocycles. The Bertz CT molecular complexity index is 900. The van der Waals surface area contributed by atoms with Gasteiger partial charge in [-0.3, -0.25) is 0 Å². The van der Waals surface area contributed by atoms with Crippen molar-refractivity contribution in [2.45, 2.75) is 6.92 Å². The zero-order valence-corrected chi connectivity index (χ0v) is 15.8. The van der Waals surface area contributed by atoms with Crippen LogP contribution in [0.5, 0.6) is 0 Å². The standard InChI is InChI=1S/C19H17IN4O/c1-14-5-2-3-7-18(14)22-19(25)23-21-13-17-6-4-12-24(17)16-10-8-15(20)9-11-16/h2-13H,1H3,(H2,22,23,25). The van der Waals surface area contributed by atoms with Crippen LogP contribution in [0.15, 0.2) is 72.0 Å². The molecular weight excluding hydrogens is 427 g/mol. The zero-order valence-electron chi connectivity index (χ0n) is 13.6. The van der Waals surface area contributed by atoms with Gasteiger partial charge in [-0.15, -0.1) is 0 Å². The number of hydrogen-bond acceptors (Lipinski definition) is 2. The lowest BCUT2D eigenvalue weighted by atomic mass is 10.2. The summed E-state index contributed by atoms with van der Waals surface area (Å²) in [6, 6.07) is 19.2. The van der Waals surface area contributed by atoms with Gasteiger partial charge in [-0.25, -0.2) is 10.2 Å². The number of nitrogens with zero attached hydrogens (tertiary/aromatic N) is 2. The van der Waals surface area contributed by atoms with Crippen LogP contribution < -0.4 is 10.7 Å². The molecule has 126 valence electrons. The van der Waals surface area contributed by atoms with Gasteiger partial charge in [0, 0.05) is 21.1 Å². The Kier molecular flexibility index (Phi) is 5.49. The number of anilines is 1. The van der Waals surface area contributed by atoms with E-state index in [1.807, 2.05) is 78.4 Å². The van der Waals surface area contributed by atoms with E-state index in [0.717, 1.165) is 22.6 Å². The van der Waals surface area contributed by atoms with Gasteiger partial charge < -0.3 is 9.88 Å². The van der Waals surface area contributed by atoms with E-state index in [-0.39, 0.29) is 6.03 Å². The van der Waals surface area contributed by atoms with Crippen molar-refractivity contribution in [2.24, 2.45) is 5.10 Å². The molecule has 0 saturated carbocycles. The van der Waals surface area contributed by atoms with E-state index in [1.165, 1.54) is 3.57 Å². The first kappa shape index (κ1) is 17.2. The van der Waals surface area contributed by atoms with E-state index in [0.29, 0.717) is 0 Å². The number of hydrogen-bond donors (Lipinski definition) is 2. The van der Waals surface area contributed by atoms with Gasteiger partial charge in [-0.2, -0.15) is 5.10 Å². The SMILES string of the molecule is Cc1ccccc1NC(=O)NN=Cc1cccn1-c1ccc(I)cc1. The molecule has 0 aliphatic heterocycles. The molecule has 0 radical (unpaired) electrons. The van der Waals surface area contributed by atoms with E-state index in [9.17, 15) is 4.79 Å². The van der Waals surface area contributed by atoms with Gasteiger partial charge in [-0.1, -0.05) is 18.2 Å². The molecule has 6 heteroatoms. The van der Waals surface area contributed by atoms with Crippen LogP contribution in [0.4, 0.5) is 10.5 Å². The predicted molar refractivity (Wildman–Crippen MR) is 109 cm³/mol. The van der Waals surface area contributed by atoms with Gasteiger partial charge in [0.15, 0.2) is 0 Å². The lowest BCUT2D eigenvalue weighted by Crippen LogP contribution is -2.24. The Labute approximate surface area is 159 Å². The summed E-state index contributed by atoms with van der Waals surface area (Å²) >= 11 is 2.27. The number of benzene rings is 2. The first-order valence-corrected chi connectivity index (χ1v) is 8.80. The number of amides is 2. The summed E-state index contributed by atoms with van der Waals surface area (Å²) in [7, 11) is 0. The first-order chi connectivity index (χ1) is 12.1. The highest BCUT2D eigenvalue weighted by Crippen LogP contribution is 2.14. The van der Waals surface area contributed by atoms with Crippen molar-refractivity contribution < 1.29 is 4.79 Å². The van der Waals surface area contributed by atoms with E-state index >= 15 is 0 Å². The highest BCUT2D eigenvalue weighted by Gasteiger charge is 2.03. The molecule has 2 amide bonds. The normalized spacial score (nSPS) is 10.8. The number of nitrogens with one attached hydrogen (secondary N) is 2. The lowest BCUT2D eigenvalue weighted by Gasteiger charge is -2.07. The molecule has 0 saturated heterocycles. The predicted octanol–water partition coefficient (Wildman–Crippen LogP) is 4.55. The largest absolute Gasteiger partial charge is 0.339 e. The number of aromatic nitrogens is 1. The molecule has 5 nitrogen and oxygen atoms in total. The Hall–Kier alpha value is -2.61. The third-order valence-corrected chi connectivity index (χ3v) is 4.36. The number of para-hydroxylation sites is 1. The van der Waals surface area contributed by atoms with Gasteiger partial charge in [0.05, 0.1) is 11.9 Å². The Morgan fingerprint density at radius 1 is 1.08 bits per heavy atom. The number of carbonyl (C=O) groups excluding carboxylic acids is 1. The van der Waals surface area contributed by atoms with Crippen LogP contribution in [-0.4, -0.2) is 16.8 Å². The molecule has 2 N–H and O–H groups in total. The van der Waals surface area contributed by atoms with Gasteiger partial charge in [-0.05, 0) is 77.5 Å². The summed E-state index contributed by atoms with van der Waals surface area (Å²) in [5.41, 5.74) is 6.16. The van der Waals surface area contributed by atoms with E-state index in [2.05, 4.69) is 38.4 Å². The molecule has 2 aromatic carbocycles. The molecule has 0 fully saturated rings. The summed E-state index contributed by atoms with van der Waals surface area (Å²) in [6.45, 7) is 1.94. The van der Waals surface area contributed by atoms with Crippen LogP contribution in [0.2, 0.25) is 0 Å². The zero-order chi connectivity index (χ0) is 17.6. The number of urea groups is 1. The lowest BCUT2D eigenvalue weighted by molar-refractivity contribution is 0.252. The fraction of sp³-hybridized carbons (Fsp3) is 0.0526. The second-order valence-electron chi connectivity index (χ2n) is 5.42. The summed E-state index contributed by atoms with van der Waals surface area (Å²) in [6.07, 6.45) is 3.58. The third-order valence-electron chi connectivity index (χ3n) is 3.64. The van der Waals surface area contributed by atoms with Crippen LogP contribution in [-0.2, 0) is 0 Å². The third kappa shape index (κ3) is 4.48. The van der Waals surface area contributed by atoms with Crippen LogP contribution in [0, 0.1) is 10.5 Å². The Balaban J connectivity index is 1.65. The Morgan fingerprint density at radius 3 is 2.60 bits per heavy atom. The molecule has 0 bridgehead atoms. The second kappa shape index (κ2) is 7.98. The van der Waals surface area contributed by atoms with Crippen molar-refractivity contribution in [3.8, 4) is 5.69 Å². The molecule has 0 unspecified atom stereocenters. The van der Waals surface area contributed by atoms with Gasteiger partial charge in [0.25, 0.3) is 0 Å². The van der Waals surface area contributed by atoms with Crippen LogP contribution in [0.1, 0.15) is 11.3 Å². The van der Waals surface area contributed by atoms with Gasteiger partial charge >= 0.3 is 6.03 Å². The average Bonchev–Trinajstić information content (AvgIpc) is 3.06. The first-order valence-electron chi connectivity index (χ1n) is 7.72. The van der Waals surface area contributed by atoms with Crippen molar-refractivity contribution in [1.29, 1.82) is 0 Å². The molecule has 0 atom stereocenters. The van der Waals surface area contributed by atoms with E-state index in [4.69, 9.17) is 0 Å². The molecule has 3 rings (SSSR count). The number of aryl methyl sites for hydroxylation is 1. The van der Waals surface area contributed by atoms with E-state index < -0.39 is 0 Å². The smallest absolute Gasteiger partial charge is 0.316 e. The number of rotatable bonds is 4. The van der Waals surface area contributed by atoms with Gasteiger partial charge in [0.2, 0.25) is 0 Å². The van der Waals surface area contributed by atoms with Crippen molar-refractivity contribution >= 4 is 40.5 Å². The van der Waals surface area contributed by atoms with Crippen LogP contribution in [0.25, 0.3) is 5.69 Å². The average molecular weight is 444 g/mol. The quantitative estimate of drug-likeness (QED) is 0.347. The maximum Gasteiger partial charge on any atom is 0.339 e. The van der Waals surface area contributed by atoms with Gasteiger partial charge in [0.1, 0.15) is 0 Å². The minimum atomic E-state index is -0.377. The molecular formula is C19H17IN4O. The number of carbonyl (C=O) groups is 1. The molecule has 1 aromatic heterocycles. The fourth-order valence-corrected chi connectivity index (χ4v) is 2.72. The van der Waals surface area contributed by atoms with Crippen LogP contribution >= 0.6 is 22.6 Å². The highest BCUT2D eigenvalue weighted by molar-refractivity contribution is 14.1. The molecule has 0 spiro atoms. The molecule has 25 heavy (non-hydrogen) atoms. The fourth-order valence-electron chi connectivity index (χ4n) is 2.36. The number of halogens is 1. The summed E-state index contributed by atoms with van der Waals surface area (Å²) in [5, 5.41) is 6.81. The number of hydrazone groups is 1. The summed E-state index contributed by atoms with van der Waals surface area (Å²) in [4.78, 5) is 11.9. The Morgan fingerprint density at radius 2 is 1.84 bits per heavy atom. The van der Waals surface area contributed by atoms with Crippen molar-refractivity contribution in [2.75, 3.05) is 5.32 Å². The highest BCUT2D eigenvalue weighted by atomic mass is 127. The molecule has 1 heterocycles. The van der Waals surface area contributed by atoms with Crippen molar-refractivity contribution in [3.05, 3.63) is 81.7 Å². The van der Waals surface area contributed by atoms with Crippen LogP contribution in [0.3, 0.4) is 0 Å².